The van der Waals surface area contributed by atoms with Crippen LogP contribution in [-0.2, 0) is 11.3 Å². The van der Waals surface area contributed by atoms with Crippen molar-refractivity contribution in [1.82, 2.24) is 10.6 Å². The summed E-state index contributed by atoms with van der Waals surface area (Å²) >= 11 is 0. The number of hydrogen-bond acceptors (Lipinski definition) is 3. The van der Waals surface area contributed by atoms with Crippen LogP contribution >= 0.6 is 0 Å². The molecule has 1 aromatic rings. The van der Waals surface area contributed by atoms with E-state index in [-0.39, 0.29) is 5.91 Å². The first-order valence-electron chi connectivity index (χ1n) is 7.99. The monoisotopic (exact) mass is 290 g/mol. The number of amides is 1. The minimum Gasteiger partial charge on any atom is -0.494 e. The summed E-state index contributed by atoms with van der Waals surface area (Å²) in [5.41, 5.74) is 1.08. The Bertz CT molecular complexity index is 442. The maximum Gasteiger partial charge on any atom is 0.221 e. The summed E-state index contributed by atoms with van der Waals surface area (Å²) in [4.78, 5) is 11.9. The Hall–Kier alpha value is -1.55. The zero-order chi connectivity index (χ0) is 14.9. The second-order valence-corrected chi connectivity index (χ2v) is 5.62. The van der Waals surface area contributed by atoms with Gasteiger partial charge in [-0.3, -0.25) is 4.79 Å². The molecule has 0 aromatic heterocycles. The van der Waals surface area contributed by atoms with Crippen LogP contribution in [0.3, 0.4) is 0 Å². The van der Waals surface area contributed by atoms with E-state index in [0.29, 0.717) is 19.0 Å². The first-order chi connectivity index (χ1) is 10.3. The van der Waals surface area contributed by atoms with Gasteiger partial charge in [-0.15, -0.1) is 0 Å². The summed E-state index contributed by atoms with van der Waals surface area (Å²) < 4.78 is 5.68. The molecular formula is C17H26N2O2. The van der Waals surface area contributed by atoms with Crippen molar-refractivity contribution in [1.29, 1.82) is 0 Å². The quantitative estimate of drug-likeness (QED) is 0.724. The van der Waals surface area contributed by atoms with Gasteiger partial charge in [0.2, 0.25) is 5.91 Å². The van der Waals surface area contributed by atoms with Gasteiger partial charge in [0.15, 0.2) is 0 Å². The van der Waals surface area contributed by atoms with Crippen molar-refractivity contribution < 1.29 is 9.53 Å². The molecule has 0 spiro atoms. The molecular weight excluding hydrogens is 264 g/mol. The molecule has 4 heteroatoms. The Morgan fingerprint density at radius 1 is 1.48 bits per heavy atom. The lowest BCUT2D eigenvalue weighted by Gasteiger charge is -2.11. The van der Waals surface area contributed by atoms with E-state index in [0.717, 1.165) is 43.7 Å². The number of nitrogens with one attached hydrogen (secondary N) is 2. The molecule has 1 aliphatic heterocycles. The number of benzene rings is 1. The van der Waals surface area contributed by atoms with Gasteiger partial charge in [0.05, 0.1) is 6.61 Å². The highest BCUT2D eigenvalue weighted by molar-refractivity contribution is 5.76. The van der Waals surface area contributed by atoms with Gasteiger partial charge >= 0.3 is 0 Å². The first kappa shape index (κ1) is 15.8. The smallest absolute Gasteiger partial charge is 0.221 e. The van der Waals surface area contributed by atoms with Crippen molar-refractivity contribution in [2.75, 3.05) is 13.2 Å². The molecule has 1 atom stereocenters. The van der Waals surface area contributed by atoms with E-state index in [9.17, 15) is 4.79 Å². The summed E-state index contributed by atoms with van der Waals surface area (Å²) in [6, 6.07) is 8.31. The highest BCUT2D eigenvalue weighted by Gasteiger charge is 2.17. The van der Waals surface area contributed by atoms with Crippen LogP contribution in [0.25, 0.3) is 0 Å². The van der Waals surface area contributed by atoms with Gasteiger partial charge in [0, 0.05) is 19.0 Å². The molecule has 4 nitrogen and oxygen atoms in total. The maximum atomic E-state index is 11.9. The average molecular weight is 290 g/mol. The Morgan fingerprint density at radius 3 is 3.14 bits per heavy atom. The molecule has 1 aromatic carbocycles. The summed E-state index contributed by atoms with van der Waals surface area (Å²) in [7, 11) is 0. The number of carbonyl (C=O) groups excluding carboxylic acids is 1. The number of ether oxygens (including phenoxy) is 1. The molecule has 0 saturated carbocycles. The van der Waals surface area contributed by atoms with Crippen molar-refractivity contribution in [3.8, 4) is 5.75 Å². The summed E-state index contributed by atoms with van der Waals surface area (Å²) in [6.07, 6.45) is 5.05. The molecule has 1 unspecified atom stereocenters. The Labute approximate surface area is 127 Å². The van der Waals surface area contributed by atoms with Gasteiger partial charge < -0.3 is 15.4 Å². The molecule has 2 N–H and O–H groups in total. The van der Waals surface area contributed by atoms with Crippen LogP contribution < -0.4 is 15.4 Å². The molecule has 1 fully saturated rings. The molecule has 1 saturated heterocycles. The molecule has 21 heavy (non-hydrogen) atoms. The van der Waals surface area contributed by atoms with Crippen LogP contribution in [0, 0.1) is 0 Å². The average Bonchev–Trinajstić information content (AvgIpc) is 2.99. The van der Waals surface area contributed by atoms with E-state index in [2.05, 4.69) is 17.6 Å². The SMILES string of the molecule is CCCCOc1cccc(CNC(=O)CC2CCCN2)c1. The first-order valence-corrected chi connectivity index (χ1v) is 7.99. The minimum atomic E-state index is 0.117. The molecule has 0 aliphatic carbocycles. The summed E-state index contributed by atoms with van der Waals surface area (Å²) in [5, 5.41) is 6.33. The van der Waals surface area contributed by atoms with E-state index in [1.807, 2.05) is 24.3 Å². The van der Waals surface area contributed by atoms with Gasteiger partial charge in [-0.2, -0.15) is 0 Å². The lowest BCUT2D eigenvalue weighted by molar-refractivity contribution is -0.121. The van der Waals surface area contributed by atoms with Crippen molar-refractivity contribution in [2.45, 2.75) is 51.6 Å². The highest BCUT2D eigenvalue weighted by Crippen LogP contribution is 2.14. The minimum absolute atomic E-state index is 0.117. The Balaban J connectivity index is 1.74. The largest absolute Gasteiger partial charge is 0.494 e. The zero-order valence-corrected chi connectivity index (χ0v) is 12.9. The van der Waals surface area contributed by atoms with E-state index in [1.165, 1.54) is 6.42 Å². The highest BCUT2D eigenvalue weighted by atomic mass is 16.5. The van der Waals surface area contributed by atoms with Crippen LogP contribution in [0.15, 0.2) is 24.3 Å². The number of rotatable bonds is 8. The molecule has 2 rings (SSSR count). The van der Waals surface area contributed by atoms with E-state index in [1.54, 1.807) is 0 Å². The third kappa shape index (κ3) is 5.76. The predicted octanol–water partition coefficient (Wildman–Crippen LogP) is 2.62. The summed E-state index contributed by atoms with van der Waals surface area (Å²) in [6.45, 7) is 4.50. The molecule has 116 valence electrons. The van der Waals surface area contributed by atoms with Gasteiger partial charge in [-0.25, -0.2) is 0 Å². The van der Waals surface area contributed by atoms with Gasteiger partial charge in [0.1, 0.15) is 5.75 Å². The van der Waals surface area contributed by atoms with Gasteiger partial charge in [-0.1, -0.05) is 25.5 Å². The van der Waals surface area contributed by atoms with Gasteiger partial charge in [-0.05, 0) is 43.5 Å². The normalized spacial score (nSPS) is 17.7. The topological polar surface area (TPSA) is 50.4 Å². The lowest BCUT2D eigenvalue weighted by Crippen LogP contribution is -2.31. The van der Waals surface area contributed by atoms with Crippen LogP contribution in [0.1, 0.15) is 44.6 Å². The Kier molecular flexibility index (Phi) is 6.54. The van der Waals surface area contributed by atoms with Crippen molar-refractivity contribution in [2.24, 2.45) is 0 Å². The lowest BCUT2D eigenvalue weighted by atomic mass is 10.1. The molecule has 0 radical (unpaired) electrons. The second-order valence-electron chi connectivity index (χ2n) is 5.62. The summed E-state index contributed by atoms with van der Waals surface area (Å²) in [5.74, 6) is 0.999. The van der Waals surface area contributed by atoms with Crippen LogP contribution in [0.4, 0.5) is 0 Å². The van der Waals surface area contributed by atoms with Crippen molar-refractivity contribution >= 4 is 5.91 Å². The third-order valence-corrected chi connectivity index (χ3v) is 3.75. The molecule has 1 heterocycles. The van der Waals surface area contributed by atoms with E-state index < -0.39 is 0 Å². The van der Waals surface area contributed by atoms with Crippen LogP contribution in [0.5, 0.6) is 5.75 Å². The number of carbonyl (C=O) groups is 1. The number of unbranched alkanes of at least 4 members (excludes halogenated alkanes) is 1. The molecule has 1 amide bonds. The van der Waals surface area contributed by atoms with E-state index >= 15 is 0 Å². The predicted molar refractivity (Wildman–Crippen MR) is 84.3 cm³/mol. The standard InChI is InChI=1S/C17H26N2O2/c1-2-3-10-21-16-8-4-6-14(11-16)13-19-17(20)12-15-7-5-9-18-15/h4,6,8,11,15,18H,2-3,5,7,9-10,12-13H2,1H3,(H,19,20). The van der Waals surface area contributed by atoms with Gasteiger partial charge in [0.25, 0.3) is 0 Å². The van der Waals surface area contributed by atoms with Crippen LogP contribution in [0.2, 0.25) is 0 Å². The fourth-order valence-corrected chi connectivity index (χ4v) is 2.51. The fraction of sp³-hybridized carbons (Fsp3) is 0.588. The Morgan fingerprint density at radius 2 is 2.38 bits per heavy atom. The van der Waals surface area contributed by atoms with Crippen molar-refractivity contribution in [3.05, 3.63) is 29.8 Å². The second kappa shape index (κ2) is 8.67. The van der Waals surface area contributed by atoms with Crippen LogP contribution in [-0.4, -0.2) is 25.1 Å². The van der Waals surface area contributed by atoms with Crippen molar-refractivity contribution in [3.63, 3.8) is 0 Å². The fourth-order valence-electron chi connectivity index (χ4n) is 2.51. The van der Waals surface area contributed by atoms with E-state index in [4.69, 9.17) is 4.74 Å². The third-order valence-electron chi connectivity index (χ3n) is 3.75. The molecule has 0 bridgehead atoms. The number of hydrogen-bond donors (Lipinski definition) is 2. The maximum absolute atomic E-state index is 11.9. The zero-order valence-electron chi connectivity index (χ0n) is 12.9. The molecule has 1 aliphatic rings.